The lowest BCUT2D eigenvalue weighted by Crippen LogP contribution is -2.32. The van der Waals surface area contributed by atoms with Crippen LogP contribution in [0.15, 0.2) is 77.4 Å². The van der Waals surface area contributed by atoms with Crippen LogP contribution in [0.1, 0.15) is 35.8 Å². The summed E-state index contributed by atoms with van der Waals surface area (Å²) in [5, 5.41) is 0.504. The van der Waals surface area contributed by atoms with E-state index in [1.807, 2.05) is 36.4 Å². The van der Waals surface area contributed by atoms with Crippen LogP contribution in [0.3, 0.4) is 0 Å². The first-order valence-electron chi connectivity index (χ1n) is 9.32. The van der Waals surface area contributed by atoms with Crippen LogP contribution in [0.5, 0.6) is 0 Å². The monoisotopic (exact) mass is 409 g/mol. The smallest absolute Gasteiger partial charge is 0.340 e. The van der Waals surface area contributed by atoms with Gasteiger partial charge in [0, 0.05) is 23.4 Å². The van der Waals surface area contributed by atoms with E-state index < -0.39 is 11.9 Å². The minimum Gasteiger partial charge on any atom is -0.465 e. The number of benzene rings is 2. The number of hydrogen-bond acceptors (Lipinski definition) is 5. The lowest BCUT2D eigenvalue weighted by molar-refractivity contribution is -0.136. The number of methoxy groups -OCH3 is 1. The minimum absolute atomic E-state index is 0.00469. The normalized spacial score (nSPS) is 21.5. The molecule has 148 valence electrons. The summed E-state index contributed by atoms with van der Waals surface area (Å²) >= 11 is 6.18. The maximum absolute atomic E-state index is 13.3. The second-order valence-corrected chi connectivity index (χ2v) is 7.57. The summed E-state index contributed by atoms with van der Waals surface area (Å²) in [6.45, 7) is 0. The highest BCUT2D eigenvalue weighted by atomic mass is 35.5. The van der Waals surface area contributed by atoms with Gasteiger partial charge >= 0.3 is 5.97 Å². The van der Waals surface area contributed by atoms with Crippen molar-refractivity contribution in [1.29, 1.82) is 0 Å². The SMILES string of the molecule is COC(=O)C1=C(N)OC2=C(C(=O)CC(c3ccccc3)C2)C1c1cccc(Cl)c1. The van der Waals surface area contributed by atoms with Crippen LogP contribution in [0.2, 0.25) is 5.02 Å². The van der Waals surface area contributed by atoms with Gasteiger partial charge < -0.3 is 15.2 Å². The molecular formula is C23H20ClNO4. The minimum atomic E-state index is -0.672. The molecule has 1 aliphatic heterocycles. The third-order valence-corrected chi connectivity index (χ3v) is 5.63. The number of nitrogens with two attached hydrogens (primary N) is 1. The molecule has 2 N–H and O–H groups in total. The van der Waals surface area contributed by atoms with Crippen molar-refractivity contribution in [2.45, 2.75) is 24.7 Å². The van der Waals surface area contributed by atoms with Crippen LogP contribution < -0.4 is 5.73 Å². The zero-order valence-electron chi connectivity index (χ0n) is 15.9. The Bertz CT molecular complexity index is 1040. The maximum atomic E-state index is 13.3. The molecular weight excluding hydrogens is 390 g/mol. The van der Waals surface area contributed by atoms with E-state index in [2.05, 4.69) is 0 Å². The van der Waals surface area contributed by atoms with E-state index in [0.717, 1.165) is 5.56 Å². The Morgan fingerprint density at radius 1 is 1.10 bits per heavy atom. The summed E-state index contributed by atoms with van der Waals surface area (Å²) < 4.78 is 10.7. The molecule has 1 aliphatic carbocycles. The van der Waals surface area contributed by atoms with Crippen LogP contribution in [0.25, 0.3) is 0 Å². The number of ether oxygens (including phenoxy) is 2. The molecule has 2 aromatic rings. The highest BCUT2D eigenvalue weighted by Crippen LogP contribution is 2.47. The number of ketones is 1. The molecule has 0 saturated heterocycles. The van der Waals surface area contributed by atoms with Gasteiger partial charge in [-0.1, -0.05) is 54.1 Å². The quantitative estimate of drug-likeness (QED) is 0.768. The fourth-order valence-corrected chi connectivity index (χ4v) is 4.30. The number of esters is 1. The van der Waals surface area contributed by atoms with Gasteiger partial charge in [-0.2, -0.15) is 0 Å². The van der Waals surface area contributed by atoms with E-state index in [0.29, 0.717) is 34.8 Å². The van der Waals surface area contributed by atoms with Gasteiger partial charge in [0.1, 0.15) is 11.3 Å². The second kappa shape index (κ2) is 7.76. The fourth-order valence-electron chi connectivity index (χ4n) is 4.10. The topological polar surface area (TPSA) is 78.6 Å². The van der Waals surface area contributed by atoms with Crippen molar-refractivity contribution in [3.05, 3.63) is 93.5 Å². The van der Waals surface area contributed by atoms with Gasteiger partial charge in [-0.25, -0.2) is 4.79 Å². The lowest BCUT2D eigenvalue weighted by Gasteiger charge is -2.35. The Labute approximate surface area is 173 Å². The van der Waals surface area contributed by atoms with Crippen molar-refractivity contribution in [2.24, 2.45) is 5.73 Å². The van der Waals surface area contributed by atoms with Crippen molar-refractivity contribution in [2.75, 3.05) is 7.11 Å². The number of rotatable bonds is 3. The third-order valence-electron chi connectivity index (χ3n) is 5.40. The van der Waals surface area contributed by atoms with E-state index in [1.54, 1.807) is 18.2 Å². The summed E-state index contributed by atoms with van der Waals surface area (Å²) in [6.07, 6.45) is 0.856. The van der Waals surface area contributed by atoms with Gasteiger partial charge in [-0.15, -0.1) is 0 Å². The molecule has 1 heterocycles. The first-order valence-corrected chi connectivity index (χ1v) is 9.69. The van der Waals surface area contributed by atoms with Crippen LogP contribution in [0.4, 0.5) is 0 Å². The molecule has 2 atom stereocenters. The van der Waals surface area contributed by atoms with Crippen molar-refractivity contribution >= 4 is 23.4 Å². The predicted molar refractivity (Wildman–Crippen MR) is 109 cm³/mol. The Morgan fingerprint density at radius 2 is 1.83 bits per heavy atom. The molecule has 2 aliphatic rings. The molecule has 5 nitrogen and oxygen atoms in total. The summed E-state index contributed by atoms with van der Waals surface area (Å²) in [5.41, 5.74) is 8.48. The molecule has 0 amide bonds. The first kappa shape index (κ1) is 19.3. The fraction of sp³-hybridized carbons (Fsp3) is 0.217. The van der Waals surface area contributed by atoms with Gasteiger partial charge in [-0.05, 0) is 29.2 Å². The van der Waals surface area contributed by atoms with Crippen molar-refractivity contribution in [3.8, 4) is 0 Å². The zero-order chi connectivity index (χ0) is 20.5. The molecule has 0 fully saturated rings. The summed E-state index contributed by atoms with van der Waals surface area (Å²) in [7, 11) is 1.27. The van der Waals surface area contributed by atoms with E-state index in [1.165, 1.54) is 7.11 Å². The average Bonchev–Trinajstić information content (AvgIpc) is 2.72. The lowest BCUT2D eigenvalue weighted by atomic mass is 9.73. The van der Waals surface area contributed by atoms with Gasteiger partial charge in [0.15, 0.2) is 5.78 Å². The molecule has 4 rings (SSSR count). The van der Waals surface area contributed by atoms with Gasteiger partial charge in [0.05, 0.1) is 13.0 Å². The van der Waals surface area contributed by atoms with Crippen LogP contribution in [0, 0.1) is 0 Å². The molecule has 2 unspecified atom stereocenters. The second-order valence-electron chi connectivity index (χ2n) is 7.14. The van der Waals surface area contributed by atoms with Crippen molar-refractivity contribution in [3.63, 3.8) is 0 Å². The average molecular weight is 410 g/mol. The summed E-state index contributed by atoms with van der Waals surface area (Å²) in [6, 6.07) is 16.9. The van der Waals surface area contributed by atoms with E-state index in [-0.39, 0.29) is 23.2 Å². The van der Waals surface area contributed by atoms with E-state index >= 15 is 0 Å². The van der Waals surface area contributed by atoms with Crippen molar-refractivity contribution < 1.29 is 19.1 Å². The molecule has 29 heavy (non-hydrogen) atoms. The Morgan fingerprint density at radius 3 is 2.52 bits per heavy atom. The van der Waals surface area contributed by atoms with Gasteiger partial charge in [0.2, 0.25) is 5.88 Å². The molecule has 6 heteroatoms. The standard InChI is InChI=1S/C23H20ClNO4/c1-28-23(27)21-19(14-8-5-9-16(24)10-14)20-17(26)11-15(12-18(20)29-22(21)25)13-6-3-2-4-7-13/h2-10,15,19H,11-12,25H2,1H3. The van der Waals surface area contributed by atoms with E-state index in [9.17, 15) is 9.59 Å². The largest absolute Gasteiger partial charge is 0.465 e. The maximum Gasteiger partial charge on any atom is 0.340 e. The predicted octanol–water partition coefficient (Wildman–Crippen LogP) is 4.20. The molecule has 0 saturated carbocycles. The molecule has 0 radical (unpaired) electrons. The van der Waals surface area contributed by atoms with Gasteiger partial charge in [-0.3, -0.25) is 4.79 Å². The summed E-state index contributed by atoms with van der Waals surface area (Å²) in [4.78, 5) is 25.8. The number of halogens is 1. The van der Waals surface area contributed by atoms with Crippen LogP contribution in [-0.2, 0) is 19.1 Å². The zero-order valence-corrected chi connectivity index (χ0v) is 16.6. The number of Topliss-reactive ketones (excluding diaryl/α,β-unsaturated/α-hetero) is 1. The Balaban J connectivity index is 1.82. The molecule has 0 aromatic heterocycles. The number of hydrogen-bond donors (Lipinski definition) is 1. The Kier molecular flexibility index (Phi) is 5.16. The first-order chi connectivity index (χ1) is 14.0. The molecule has 2 aromatic carbocycles. The molecule has 0 bridgehead atoms. The number of allylic oxidation sites excluding steroid dienone is 2. The highest BCUT2D eigenvalue weighted by molar-refractivity contribution is 6.30. The number of carbonyl (C=O) groups excluding carboxylic acids is 2. The highest BCUT2D eigenvalue weighted by Gasteiger charge is 2.43. The number of carbonyl (C=O) groups is 2. The van der Waals surface area contributed by atoms with Gasteiger partial charge in [0.25, 0.3) is 0 Å². The van der Waals surface area contributed by atoms with Crippen LogP contribution in [-0.4, -0.2) is 18.9 Å². The Hall–Kier alpha value is -3.05. The third kappa shape index (κ3) is 3.54. The van der Waals surface area contributed by atoms with Crippen LogP contribution >= 0.6 is 11.6 Å². The van der Waals surface area contributed by atoms with E-state index in [4.69, 9.17) is 26.8 Å². The van der Waals surface area contributed by atoms with Crippen molar-refractivity contribution in [1.82, 2.24) is 0 Å². The molecule has 0 spiro atoms. The summed E-state index contributed by atoms with van der Waals surface area (Å²) in [5.74, 6) is -0.910.